The van der Waals surface area contributed by atoms with E-state index in [0.29, 0.717) is 0 Å². The van der Waals surface area contributed by atoms with E-state index >= 15 is 0 Å². The topological polar surface area (TPSA) is 35.0 Å². The molecule has 29 valence electrons. The average Bonchev–Trinajstić information content (AvgIpc) is 1.00. The van der Waals surface area contributed by atoms with Crippen LogP contribution in [0.5, 0.6) is 0 Å². The Morgan fingerprint density at radius 1 is 1.50 bits per heavy atom. The van der Waals surface area contributed by atoms with Crippen molar-refractivity contribution in [3.8, 4) is 0 Å². The zero-order valence-electron chi connectivity index (χ0n) is 2.73. The molecule has 0 saturated carbocycles. The second-order valence-corrected chi connectivity index (χ2v) is 0. The molecular weight excluding hydrogens is 108 g/mol. The molecule has 0 fully saturated rings. The molecule has 0 rings (SSSR count). The summed E-state index contributed by atoms with van der Waals surface area (Å²) in [6.07, 6.45) is 0. The van der Waals surface area contributed by atoms with Gasteiger partial charge in [0.05, 0.1) is 1.28 Å². The summed E-state index contributed by atoms with van der Waals surface area (Å²) < 4.78 is 5.67. The molecule has 1 radical (unpaired) electrons. The Bertz CT molecular complexity index is 11.6. The molecule has 0 aromatic heterocycles. The van der Waals surface area contributed by atoms with Crippen molar-refractivity contribution < 1.29 is 18.6 Å². The first kappa shape index (κ1) is 20.2. The van der Waals surface area contributed by atoms with Gasteiger partial charge < -0.3 is 6.15 Å². The van der Waals surface area contributed by atoms with Crippen molar-refractivity contribution >= 4 is 9.84 Å². The zero-order chi connectivity index (χ0) is 2.00. The van der Waals surface area contributed by atoms with Gasteiger partial charge in [0, 0.05) is 18.6 Å². The third kappa shape index (κ3) is 12.2. The van der Waals surface area contributed by atoms with E-state index in [9.17, 15) is 0 Å². The van der Waals surface area contributed by atoms with Gasteiger partial charge >= 0.3 is 0 Å². The van der Waals surface area contributed by atoms with E-state index < -0.39 is 0 Å². The molecule has 0 aliphatic carbocycles. The molecule has 3 N–H and O–H groups in total. The fraction of sp³-hybridized carbons (Fsp3) is 1.00. The molecule has 0 saturated heterocycles. The van der Waals surface area contributed by atoms with E-state index in [-0.39, 0.29) is 32.1 Å². The van der Waals surface area contributed by atoms with Gasteiger partial charge in [-0.05, 0) is 0 Å². The van der Waals surface area contributed by atoms with Gasteiger partial charge in [-0.2, -0.15) is 9.84 Å². The molecular formula is CH10NPV. The van der Waals surface area contributed by atoms with Crippen molar-refractivity contribution in [2.24, 2.45) is 0 Å². The number of rotatable bonds is 0. The molecule has 0 aliphatic rings. The van der Waals surface area contributed by atoms with Crippen LogP contribution < -0.4 is 6.15 Å². The Labute approximate surface area is 43.9 Å². The molecule has 0 aromatic rings. The fourth-order valence-corrected chi connectivity index (χ4v) is 0. The monoisotopic (exact) mass is 120 g/mol. The van der Waals surface area contributed by atoms with Crippen LogP contribution in [0.2, 0.25) is 0 Å². The summed E-state index contributed by atoms with van der Waals surface area (Å²) in [5.74, 6) is 0. The van der Waals surface area contributed by atoms with E-state index in [2.05, 4.69) is 0 Å². The van der Waals surface area contributed by atoms with Gasteiger partial charge in [0.2, 0.25) is 0 Å². The fourth-order valence-electron chi connectivity index (χ4n) is 0. The Kier molecular flexibility index (Phi) is 187. The summed E-state index contributed by atoms with van der Waals surface area (Å²) in [6.45, 7) is 0. The van der Waals surface area contributed by atoms with Crippen LogP contribution in [0.4, 0.5) is 0 Å². The quantitative estimate of drug-likeness (QED) is 0.472. The summed E-state index contributed by atoms with van der Waals surface area (Å²) in [5.41, 5.74) is 0. The summed E-state index contributed by atoms with van der Waals surface area (Å²) in [6, 6.07) is 0. The van der Waals surface area contributed by atoms with E-state index in [4.69, 9.17) is 1.28 Å². The second-order valence-electron chi connectivity index (χ2n) is 0. The van der Waals surface area contributed by atoms with Crippen molar-refractivity contribution in [3.63, 3.8) is 0 Å². The van der Waals surface area contributed by atoms with Gasteiger partial charge in [-0.3, -0.25) is 0 Å². The zero-order valence-corrected chi connectivity index (χ0v) is 4.28. The smallest absolute Gasteiger partial charge is 0.0511 e. The Hall–Kier alpha value is 0.974. The molecule has 1 unspecified atom stereocenters. The predicted octanol–water partition coefficient (Wildman–Crippen LogP) is 0.854. The molecule has 0 amide bonds. The molecule has 0 aliphatic heterocycles. The third-order valence-corrected chi connectivity index (χ3v) is 0. The molecule has 0 bridgehead atoms. The minimum atomic E-state index is 0. The largest absolute Gasteiger partial charge is 0.344 e. The normalized spacial score (nSPS) is 1.75. The first-order valence-corrected chi connectivity index (χ1v) is 0. The van der Waals surface area contributed by atoms with Gasteiger partial charge in [0.15, 0.2) is 0 Å². The van der Waals surface area contributed by atoms with Crippen LogP contribution in [0.25, 0.3) is 0 Å². The third-order valence-electron chi connectivity index (χ3n) is 0. The average molecular weight is 120 g/mol. The van der Waals surface area contributed by atoms with Crippen LogP contribution in [0.3, 0.4) is 0 Å². The van der Waals surface area contributed by atoms with Crippen LogP contribution >= 0.6 is 9.84 Å². The van der Waals surface area contributed by atoms with Crippen molar-refractivity contribution in [1.82, 2.24) is 6.15 Å². The van der Waals surface area contributed by atoms with E-state index in [0.717, 1.165) is 0 Å². The van der Waals surface area contributed by atoms with Crippen LogP contribution in [0.1, 0.15) is 7.43 Å². The Morgan fingerprint density at radius 2 is 1.50 bits per heavy atom. The van der Waals surface area contributed by atoms with Gasteiger partial charge in [0.25, 0.3) is 0 Å². The van der Waals surface area contributed by atoms with Crippen LogP contribution in [-0.2, 0) is 18.6 Å². The van der Waals surface area contributed by atoms with Crippen molar-refractivity contribution in [2.45, 2.75) is 7.43 Å². The van der Waals surface area contributed by atoms with Crippen molar-refractivity contribution in [3.05, 3.63) is 0 Å². The van der Waals surface area contributed by atoms with Gasteiger partial charge in [-0.1, -0.05) is 7.43 Å². The minimum absolute atomic E-state index is 0. The van der Waals surface area contributed by atoms with Crippen molar-refractivity contribution in [1.29, 1.82) is 1.28 Å². The summed E-state index contributed by atoms with van der Waals surface area (Å²) >= 11 is 0. The SMILES string of the molecule is C.N.[3H]P.[V]. The molecule has 0 aromatic carbocycles. The molecule has 0 heterocycles. The van der Waals surface area contributed by atoms with E-state index in [1.165, 1.54) is 0 Å². The maximum atomic E-state index is 5.67. The summed E-state index contributed by atoms with van der Waals surface area (Å²) in [7, 11) is 1.67. The first-order chi connectivity index (χ1) is 1.00. The maximum Gasteiger partial charge on any atom is 0.0511 e. The van der Waals surface area contributed by atoms with Gasteiger partial charge in [-0.15, -0.1) is 0 Å². The van der Waals surface area contributed by atoms with Crippen LogP contribution in [0.15, 0.2) is 0 Å². The minimum Gasteiger partial charge on any atom is -0.344 e. The molecule has 0 spiro atoms. The summed E-state index contributed by atoms with van der Waals surface area (Å²) in [4.78, 5) is 0. The second kappa shape index (κ2) is 37.0. The van der Waals surface area contributed by atoms with Gasteiger partial charge in [-0.25, -0.2) is 0 Å². The van der Waals surface area contributed by atoms with Crippen LogP contribution in [0, 0.1) is 0 Å². The number of hydrogen-bond donors (Lipinski definition) is 1. The Balaban J connectivity index is -0.00000000167. The molecule has 1 nitrogen and oxygen atoms in total. The molecule has 1 atom stereocenters. The van der Waals surface area contributed by atoms with Crippen molar-refractivity contribution in [2.75, 3.05) is 0 Å². The predicted molar refractivity (Wildman–Crippen MR) is 22.9 cm³/mol. The molecule has 3 heteroatoms. The first-order valence-electron chi connectivity index (χ1n) is 0.577. The summed E-state index contributed by atoms with van der Waals surface area (Å²) in [5, 5.41) is 0. The van der Waals surface area contributed by atoms with Gasteiger partial charge in [0.1, 0.15) is 0 Å². The standard InChI is InChI=1S/CH4.H3N.H3P.V/h1H4;2*1H3;/i;;1T;. The van der Waals surface area contributed by atoms with E-state index in [1.807, 2.05) is 0 Å². The number of hydrogen-bond acceptors (Lipinski definition) is 1. The van der Waals surface area contributed by atoms with E-state index in [1.54, 1.807) is 9.84 Å². The molecule has 4 heavy (non-hydrogen) atoms. The van der Waals surface area contributed by atoms with Crippen LogP contribution in [-0.4, -0.2) is 1.28 Å². The maximum absolute atomic E-state index is 5.67. The Morgan fingerprint density at radius 3 is 1.50 bits per heavy atom.